The van der Waals surface area contributed by atoms with Gasteiger partial charge in [0.05, 0.1) is 12.7 Å². The predicted octanol–water partition coefficient (Wildman–Crippen LogP) is 3.16. The van der Waals surface area contributed by atoms with Crippen molar-refractivity contribution in [1.82, 2.24) is 0 Å². The second kappa shape index (κ2) is 5.76. The smallest absolute Gasteiger partial charge is 0.119 e. The Kier molecular flexibility index (Phi) is 4.63. The van der Waals surface area contributed by atoms with E-state index >= 15 is 0 Å². The largest absolute Gasteiger partial charge is 0.494 e. The Morgan fingerprint density at radius 1 is 1.13 bits per heavy atom. The molecule has 2 heteroatoms. The highest BCUT2D eigenvalue weighted by Crippen LogP contribution is 2.17. The molecule has 0 spiro atoms. The molecule has 0 bridgehead atoms. The van der Waals surface area contributed by atoms with Crippen LogP contribution in [-0.2, 0) is 0 Å². The number of ether oxygens (including phenoxy) is 1. The van der Waals surface area contributed by atoms with E-state index in [1.807, 2.05) is 24.3 Å². The minimum Gasteiger partial charge on any atom is -0.494 e. The van der Waals surface area contributed by atoms with Gasteiger partial charge in [0.15, 0.2) is 0 Å². The molecule has 0 unspecified atom stereocenters. The third kappa shape index (κ3) is 4.34. The van der Waals surface area contributed by atoms with Gasteiger partial charge in [-0.05, 0) is 37.0 Å². The maximum atomic E-state index is 9.32. The average molecular weight is 208 g/mol. The van der Waals surface area contributed by atoms with E-state index in [4.69, 9.17) is 4.74 Å². The Morgan fingerprint density at radius 2 is 1.73 bits per heavy atom. The van der Waals surface area contributed by atoms with Gasteiger partial charge >= 0.3 is 0 Å². The fourth-order valence-corrected chi connectivity index (χ4v) is 1.26. The van der Waals surface area contributed by atoms with Gasteiger partial charge in [-0.2, -0.15) is 0 Å². The summed E-state index contributed by atoms with van der Waals surface area (Å²) in [4.78, 5) is 0. The van der Waals surface area contributed by atoms with Gasteiger partial charge in [0, 0.05) is 0 Å². The molecule has 1 aromatic carbocycles. The lowest BCUT2D eigenvalue weighted by atomic mass is 10.1. The van der Waals surface area contributed by atoms with E-state index in [1.54, 1.807) is 6.92 Å². The molecule has 0 saturated carbocycles. The van der Waals surface area contributed by atoms with Crippen LogP contribution in [0.5, 0.6) is 5.75 Å². The number of hydrogen-bond acceptors (Lipinski definition) is 2. The first kappa shape index (κ1) is 12.1. The van der Waals surface area contributed by atoms with Crippen molar-refractivity contribution in [1.29, 1.82) is 0 Å². The summed E-state index contributed by atoms with van der Waals surface area (Å²) in [6, 6.07) is 7.61. The lowest BCUT2D eigenvalue weighted by molar-refractivity contribution is 0.199. The molecule has 0 amide bonds. The van der Waals surface area contributed by atoms with E-state index in [2.05, 4.69) is 13.8 Å². The van der Waals surface area contributed by atoms with Crippen LogP contribution in [0.15, 0.2) is 24.3 Å². The highest BCUT2D eigenvalue weighted by Gasteiger charge is 2.01. The first-order valence-electron chi connectivity index (χ1n) is 5.50. The van der Waals surface area contributed by atoms with E-state index < -0.39 is 6.10 Å². The van der Waals surface area contributed by atoms with Crippen molar-refractivity contribution in [2.45, 2.75) is 33.3 Å². The zero-order chi connectivity index (χ0) is 11.3. The molecule has 0 fully saturated rings. The fraction of sp³-hybridized carbons (Fsp3) is 0.538. The van der Waals surface area contributed by atoms with Gasteiger partial charge in [-0.1, -0.05) is 26.0 Å². The van der Waals surface area contributed by atoms with Crippen molar-refractivity contribution in [2.75, 3.05) is 6.61 Å². The summed E-state index contributed by atoms with van der Waals surface area (Å²) in [6.07, 6.45) is 0.660. The molecular weight excluding hydrogens is 188 g/mol. The number of hydrogen-bond donors (Lipinski definition) is 1. The summed E-state index contributed by atoms with van der Waals surface area (Å²) in [6.45, 7) is 6.88. The zero-order valence-corrected chi connectivity index (χ0v) is 9.73. The lowest BCUT2D eigenvalue weighted by Crippen LogP contribution is -2.01. The number of benzene rings is 1. The number of aliphatic hydroxyl groups is 1. The minimum atomic E-state index is -0.408. The maximum absolute atomic E-state index is 9.32. The standard InChI is InChI=1S/C13H20O2/c1-10(2)8-9-15-13-6-4-12(5-7-13)11(3)14/h4-7,10-11,14H,8-9H2,1-3H3/t11-/m1/s1. The van der Waals surface area contributed by atoms with E-state index in [9.17, 15) is 5.11 Å². The normalized spacial score (nSPS) is 12.9. The van der Waals surface area contributed by atoms with Gasteiger partial charge in [-0.3, -0.25) is 0 Å². The molecule has 0 heterocycles. The predicted molar refractivity (Wildman–Crippen MR) is 62.0 cm³/mol. The summed E-state index contributed by atoms with van der Waals surface area (Å²) in [7, 11) is 0. The van der Waals surface area contributed by atoms with Crippen LogP contribution in [0.4, 0.5) is 0 Å². The van der Waals surface area contributed by atoms with Crippen LogP contribution < -0.4 is 4.74 Å². The van der Waals surface area contributed by atoms with Crippen molar-refractivity contribution in [2.24, 2.45) is 5.92 Å². The minimum absolute atomic E-state index is 0.408. The van der Waals surface area contributed by atoms with Crippen LogP contribution in [0.2, 0.25) is 0 Å². The molecule has 0 aliphatic heterocycles. The number of rotatable bonds is 5. The van der Waals surface area contributed by atoms with Crippen molar-refractivity contribution in [3.05, 3.63) is 29.8 Å². The molecule has 0 aliphatic rings. The van der Waals surface area contributed by atoms with Crippen LogP contribution in [0.1, 0.15) is 38.9 Å². The van der Waals surface area contributed by atoms with Crippen LogP contribution in [-0.4, -0.2) is 11.7 Å². The molecule has 84 valence electrons. The molecule has 0 aromatic heterocycles. The molecule has 0 aliphatic carbocycles. The van der Waals surface area contributed by atoms with Gasteiger partial charge < -0.3 is 9.84 Å². The fourth-order valence-electron chi connectivity index (χ4n) is 1.26. The second-order valence-electron chi connectivity index (χ2n) is 4.28. The SMILES string of the molecule is CC(C)CCOc1ccc([C@@H](C)O)cc1. The first-order valence-corrected chi connectivity index (χ1v) is 5.50. The molecular formula is C13H20O2. The topological polar surface area (TPSA) is 29.5 Å². The van der Waals surface area contributed by atoms with Gasteiger partial charge in [-0.25, -0.2) is 0 Å². The Bertz CT molecular complexity index is 275. The molecule has 0 saturated heterocycles. The van der Waals surface area contributed by atoms with Crippen LogP contribution in [0, 0.1) is 5.92 Å². The molecule has 15 heavy (non-hydrogen) atoms. The summed E-state index contributed by atoms with van der Waals surface area (Å²) in [5.74, 6) is 1.54. The van der Waals surface area contributed by atoms with Crippen molar-refractivity contribution < 1.29 is 9.84 Å². The summed E-state index contributed by atoms with van der Waals surface area (Å²) >= 11 is 0. The molecule has 0 radical (unpaired) electrons. The lowest BCUT2D eigenvalue weighted by Gasteiger charge is -2.09. The van der Waals surface area contributed by atoms with Crippen LogP contribution in [0.25, 0.3) is 0 Å². The van der Waals surface area contributed by atoms with Gasteiger partial charge in [0.1, 0.15) is 5.75 Å². The molecule has 1 atom stereocenters. The second-order valence-corrected chi connectivity index (χ2v) is 4.28. The Morgan fingerprint density at radius 3 is 2.20 bits per heavy atom. The van der Waals surface area contributed by atoms with Crippen LogP contribution >= 0.6 is 0 Å². The zero-order valence-electron chi connectivity index (χ0n) is 9.73. The summed E-state index contributed by atoms with van der Waals surface area (Å²) in [5, 5.41) is 9.32. The van der Waals surface area contributed by atoms with E-state index in [-0.39, 0.29) is 0 Å². The first-order chi connectivity index (χ1) is 7.09. The highest BCUT2D eigenvalue weighted by atomic mass is 16.5. The maximum Gasteiger partial charge on any atom is 0.119 e. The van der Waals surface area contributed by atoms with Crippen molar-refractivity contribution in [3.63, 3.8) is 0 Å². The molecule has 2 nitrogen and oxygen atoms in total. The average Bonchev–Trinajstić information content (AvgIpc) is 2.18. The Balaban J connectivity index is 2.43. The van der Waals surface area contributed by atoms with E-state index in [0.29, 0.717) is 5.92 Å². The third-order valence-corrected chi connectivity index (χ3v) is 2.33. The van der Waals surface area contributed by atoms with Crippen LogP contribution in [0.3, 0.4) is 0 Å². The monoisotopic (exact) mass is 208 g/mol. The van der Waals surface area contributed by atoms with Gasteiger partial charge in [0.25, 0.3) is 0 Å². The van der Waals surface area contributed by atoms with Gasteiger partial charge in [0.2, 0.25) is 0 Å². The quantitative estimate of drug-likeness (QED) is 0.805. The van der Waals surface area contributed by atoms with E-state index in [0.717, 1.165) is 24.3 Å². The Hall–Kier alpha value is -1.02. The van der Waals surface area contributed by atoms with Gasteiger partial charge in [-0.15, -0.1) is 0 Å². The molecule has 1 aromatic rings. The third-order valence-electron chi connectivity index (χ3n) is 2.33. The number of aliphatic hydroxyl groups excluding tert-OH is 1. The summed E-state index contributed by atoms with van der Waals surface area (Å²) < 4.78 is 5.57. The highest BCUT2D eigenvalue weighted by molar-refractivity contribution is 5.28. The summed E-state index contributed by atoms with van der Waals surface area (Å²) in [5.41, 5.74) is 0.922. The molecule has 1 N–H and O–H groups in total. The van der Waals surface area contributed by atoms with Crippen molar-refractivity contribution in [3.8, 4) is 5.75 Å². The van der Waals surface area contributed by atoms with Crippen molar-refractivity contribution >= 4 is 0 Å². The Labute approximate surface area is 91.9 Å². The molecule has 1 rings (SSSR count). The van der Waals surface area contributed by atoms with E-state index in [1.165, 1.54) is 0 Å².